The van der Waals surface area contributed by atoms with E-state index in [4.69, 9.17) is 9.47 Å². The van der Waals surface area contributed by atoms with E-state index in [0.29, 0.717) is 32.7 Å². The van der Waals surface area contributed by atoms with Crippen molar-refractivity contribution in [1.82, 2.24) is 10.2 Å². The normalized spacial score (nSPS) is 24.4. The Kier molecular flexibility index (Phi) is 4.81. The van der Waals surface area contributed by atoms with Crippen molar-refractivity contribution in [2.45, 2.75) is 19.4 Å². The Labute approximate surface area is 135 Å². The Bertz CT molecular complexity index is 590. The van der Waals surface area contributed by atoms with Crippen LogP contribution in [0.15, 0.2) is 24.3 Å². The van der Waals surface area contributed by atoms with Crippen LogP contribution in [0, 0.1) is 12.8 Å². The molecule has 6 nitrogen and oxygen atoms in total. The summed E-state index contributed by atoms with van der Waals surface area (Å²) in [5.74, 6) is 0.537. The van der Waals surface area contributed by atoms with Crippen LogP contribution in [0.3, 0.4) is 0 Å². The first kappa shape index (κ1) is 15.8. The highest BCUT2D eigenvalue weighted by molar-refractivity contribution is 5.81. The second-order valence-electron chi connectivity index (χ2n) is 5.99. The molecule has 6 heteroatoms. The number of fused-ring (bicyclic) bond motifs is 1. The lowest BCUT2D eigenvalue weighted by Gasteiger charge is -2.36. The Hall–Kier alpha value is -2.08. The maximum Gasteiger partial charge on any atom is 0.260 e. The van der Waals surface area contributed by atoms with Gasteiger partial charge in [-0.3, -0.25) is 9.59 Å². The third-order valence-corrected chi connectivity index (χ3v) is 4.43. The molecule has 1 aromatic carbocycles. The highest BCUT2D eigenvalue weighted by Gasteiger charge is 2.37. The van der Waals surface area contributed by atoms with Gasteiger partial charge in [-0.05, 0) is 25.0 Å². The molecule has 2 amide bonds. The molecule has 2 fully saturated rings. The average Bonchev–Trinajstić information content (AvgIpc) is 2.75. The van der Waals surface area contributed by atoms with Gasteiger partial charge in [0.05, 0.1) is 18.6 Å². The van der Waals surface area contributed by atoms with Gasteiger partial charge in [0.1, 0.15) is 5.75 Å². The molecule has 0 aliphatic carbocycles. The Morgan fingerprint density at radius 2 is 2.26 bits per heavy atom. The number of likely N-dealkylation sites (tertiary alicyclic amines) is 1. The Balaban J connectivity index is 1.56. The molecule has 2 saturated heterocycles. The summed E-state index contributed by atoms with van der Waals surface area (Å²) in [4.78, 5) is 26.1. The van der Waals surface area contributed by atoms with Crippen LogP contribution in [-0.2, 0) is 14.3 Å². The van der Waals surface area contributed by atoms with Gasteiger partial charge >= 0.3 is 0 Å². The summed E-state index contributed by atoms with van der Waals surface area (Å²) in [5, 5.41) is 2.85. The lowest BCUT2D eigenvalue weighted by atomic mass is 9.93. The number of nitrogens with one attached hydrogen (secondary N) is 1. The number of nitrogens with zero attached hydrogens (tertiary/aromatic N) is 1. The molecule has 0 saturated carbocycles. The molecule has 2 aliphatic rings. The summed E-state index contributed by atoms with van der Waals surface area (Å²) >= 11 is 0. The lowest BCUT2D eigenvalue weighted by molar-refractivity contribution is -0.143. The standard InChI is InChI=1S/C17H22N2O4/c1-12-4-2-3-5-14(12)23-11-16(20)19-8-6-13-15(10-19)22-9-7-18-17(13)21/h2-5,13,15H,6-11H2,1H3,(H,18,21)/t13-,15+/m1/s1. The molecule has 2 aliphatic heterocycles. The third-order valence-electron chi connectivity index (χ3n) is 4.43. The molecule has 2 atom stereocenters. The number of piperidine rings is 1. The monoisotopic (exact) mass is 318 g/mol. The zero-order valence-corrected chi connectivity index (χ0v) is 13.3. The van der Waals surface area contributed by atoms with Gasteiger partial charge in [0.2, 0.25) is 5.91 Å². The molecular formula is C17H22N2O4. The van der Waals surface area contributed by atoms with Crippen molar-refractivity contribution < 1.29 is 19.1 Å². The summed E-state index contributed by atoms with van der Waals surface area (Å²) in [6.45, 7) is 4.00. The minimum atomic E-state index is -0.214. The van der Waals surface area contributed by atoms with Gasteiger partial charge in [0.25, 0.3) is 5.91 Å². The van der Waals surface area contributed by atoms with Gasteiger partial charge in [0.15, 0.2) is 6.61 Å². The zero-order chi connectivity index (χ0) is 16.2. The first-order valence-corrected chi connectivity index (χ1v) is 8.00. The molecule has 2 heterocycles. The van der Waals surface area contributed by atoms with Crippen LogP contribution in [0.1, 0.15) is 12.0 Å². The zero-order valence-electron chi connectivity index (χ0n) is 13.3. The molecule has 0 aromatic heterocycles. The summed E-state index contributed by atoms with van der Waals surface area (Å²) < 4.78 is 11.3. The van der Waals surface area contributed by atoms with Crippen molar-refractivity contribution >= 4 is 11.8 Å². The van der Waals surface area contributed by atoms with Crippen molar-refractivity contribution in [2.24, 2.45) is 5.92 Å². The van der Waals surface area contributed by atoms with Gasteiger partial charge in [-0.2, -0.15) is 0 Å². The molecule has 0 spiro atoms. The maximum absolute atomic E-state index is 12.4. The van der Waals surface area contributed by atoms with Crippen LogP contribution in [0.4, 0.5) is 0 Å². The number of aryl methyl sites for hydroxylation is 1. The quantitative estimate of drug-likeness (QED) is 0.892. The number of benzene rings is 1. The fourth-order valence-electron chi connectivity index (χ4n) is 3.08. The highest BCUT2D eigenvalue weighted by Crippen LogP contribution is 2.23. The van der Waals surface area contributed by atoms with E-state index in [0.717, 1.165) is 11.3 Å². The topological polar surface area (TPSA) is 67.9 Å². The van der Waals surface area contributed by atoms with Gasteiger partial charge in [-0.15, -0.1) is 0 Å². The fourth-order valence-corrected chi connectivity index (χ4v) is 3.08. The van der Waals surface area contributed by atoms with E-state index in [1.54, 1.807) is 4.90 Å². The van der Waals surface area contributed by atoms with Crippen LogP contribution >= 0.6 is 0 Å². The third kappa shape index (κ3) is 3.64. The van der Waals surface area contributed by atoms with Crippen LogP contribution in [0.2, 0.25) is 0 Å². The number of carbonyl (C=O) groups is 2. The predicted octanol–water partition coefficient (Wildman–Crippen LogP) is 0.737. The molecular weight excluding hydrogens is 296 g/mol. The number of hydrogen-bond donors (Lipinski definition) is 1. The van der Waals surface area contributed by atoms with E-state index in [1.165, 1.54) is 0 Å². The molecule has 1 N–H and O–H groups in total. The van der Waals surface area contributed by atoms with Gasteiger partial charge in [-0.1, -0.05) is 18.2 Å². The van der Waals surface area contributed by atoms with E-state index in [1.807, 2.05) is 31.2 Å². The number of rotatable bonds is 3. The number of carbonyl (C=O) groups excluding carboxylic acids is 2. The highest BCUT2D eigenvalue weighted by atomic mass is 16.5. The van der Waals surface area contributed by atoms with Gasteiger partial charge < -0.3 is 19.7 Å². The van der Waals surface area contributed by atoms with Crippen LogP contribution < -0.4 is 10.1 Å². The van der Waals surface area contributed by atoms with E-state index in [-0.39, 0.29) is 30.4 Å². The Morgan fingerprint density at radius 1 is 1.43 bits per heavy atom. The first-order chi connectivity index (χ1) is 11.1. The second-order valence-corrected chi connectivity index (χ2v) is 5.99. The molecule has 0 radical (unpaired) electrons. The van der Waals surface area contributed by atoms with E-state index in [2.05, 4.69) is 5.32 Å². The number of para-hydroxylation sites is 1. The summed E-state index contributed by atoms with van der Waals surface area (Å²) in [7, 11) is 0. The Morgan fingerprint density at radius 3 is 3.09 bits per heavy atom. The van der Waals surface area contributed by atoms with Gasteiger partial charge in [-0.25, -0.2) is 0 Å². The molecule has 23 heavy (non-hydrogen) atoms. The van der Waals surface area contributed by atoms with Crippen molar-refractivity contribution in [2.75, 3.05) is 32.8 Å². The molecule has 3 rings (SSSR count). The number of amides is 2. The molecule has 1 aromatic rings. The van der Waals surface area contributed by atoms with Gasteiger partial charge in [0, 0.05) is 19.6 Å². The van der Waals surface area contributed by atoms with E-state index < -0.39 is 0 Å². The molecule has 124 valence electrons. The SMILES string of the molecule is Cc1ccccc1OCC(=O)N1CC[C@H]2C(=O)NCCO[C@H]2C1. The van der Waals surface area contributed by atoms with Crippen molar-refractivity contribution in [1.29, 1.82) is 0 Å². The number of hydrogen-bond acceptors (Lipinski definition) is 4. The summed E-state index contributed by atoms with van der Waals surface area (Å²) in [6, 6.07) is 7.62. The van der Waals surface area contributed by atoms with Crippen LogP contribution in [0.5, 0.6) is 5.75 Å². The van der Waals surface area contributed by atoms with Crippen molar-refractivity contribution in [3.05, 3.63) is 29.8 Å². The van der Waals surface area contributed by atoms with E-state index >= 15 is 0 Å². The van der Waals surface area contributed by atoms with E-state index in [9.17, 15) is 9.59 Å². The summed E-state index contributed by atoms with van der Waals surface area (Å²) in [6.07, 6.45) is 0.417. The average molecular weight is 318 g/mol. The van der Waals surface area contributed by atoms with Crippen LogP contribution in [0.25, 0.3) is 0 Å². The van der Waals surface area contributed by atoms with Crippen molar-refractivity contribution in [3.63, 3.8) is 0 Å². The minimum absolute atomic E-state index is 0.00837. The molecule has 0 unspecified atom stereocenters. The first-order valence-electron chi connectivity index (χ1n) is 8.00. The van der Waals surface area contributed by atoms with Crippen molar-refractivity contribution in [3.8, 4) is 5.75 Å². The fraction of sp³-hybridized carbons (Fsp3) is 0.529. The summed E-state index contributed by atoms with van der Waals surface area (Å²) in [5.41, 5.74) is 1.00. The second kappa shape index (κ2) is 7.00. The minimum Gasteiger partial charge on any atom is -0.484 e. The van der Waals surface area contributed by atoms with Crippen LogP contribution in [-0.4, -0.2) is 55.7 Å². The number of ether oxygens (including phenoxy) is 2. The predicted molar refractivity (Wildman–Crippen MR) is 84.1 cm³/mol. The largest absolute Gasteiger partial charge is 0.484 e. The maximum atomic E-state index is 12.4. The lowest BCUT2D eigenvalue weighted by Crippen LogP contribution is -2.51. The smallest absolute Gasteiger partial charge is 0.260 e. The molecule has 0 bridgehead atoms.